The second-order valence-electron chi connectivity index (χ2n) is 3.71. The predicted molar refractivity (Wildman–Crippen MR) is 70.0 cm³/mol. The second-order valence-corrected chi connectivity index (χ2v) is 3.71. The Bertz CT molecular complexity index is 412. The number of hydrogen-bond donors (Lipinski definition) is 1. The van der Waals surface area contributed by atoms with Gasteiger partial charge in [-0.1, -0.05) is 36.4 Å². The van der Waals surface area contributed by atoms with Crippen LogP contribution in [0.4, 0.5) is 0 Å². The lowest BCUT2D eigenvalue weighted by Gasteiger charge is -2.01. The highest BCUT2D eigenvalue weighted by atomic mass is 16.5. The van der Waals surface area contributed by atoms with Crippen molar-refractivity contribution >= 4 is 17.8 Å². The number of carbonyl (C=O) groups is 2. The number of amides is 1. The van der Waals surface area contributed by atoms with Crippen LogP contribution in [0.5, 0.6) is 0 Å². The van der Waals surface area contributed by atoms with Crippen molar-refractivity contribution < 1.29 is 14.3 Å². The lowest BCUT2D eigenvalue weighted by atomic mass is 10.2. The molecule has 0 heterocycles. The molecule has 0 bridgehead atoms. The van der Waals surface area contributed by atoms with Crippen LogP contribution >= 0.6 is 0 Å². The van der Waals surface area contributed by atoms with E-state index in [0.29, 0.717) is 19.6 Å². The average Bonchev–Trinajstić information content (AvgIpc) is 2.42. The highest BCUT2D eigenvalue weighted by Gasteiger charge is 2.08. The predicted octanol–water partition coefficient (Wildman–Crippen LogP) is 1.42. The summed E-state index contributed by atoms with van der Waals surface area (Å²) in [6.07, 6.45) is 3.59. The summed E-state index contributed by atoms with van der Waals surface area (Å²) in [7, 11) is 1.59. The van der Waals surface area contributed by atoms with Gasteiger partial charge in [-0.2, -0.15) is 0 Å². The van der Waals surface area contributed by atoms with Crippen molar-refractivity contribution in [2.24, 2.45) is 0 Å². The van der Waals surface area contributed by atoms with Crippen LogP contribution in [0.1, 0.15) is 12.0 Å². The van der Waals surface area contributed by atoms with E-state index in [1.807, 2.05) is 30.3 Å². The van der Waals surface area contributed by atoms with Crippen molar-refractivity contribution in [1.29, 1.82) is 0 Å². The number of rotatable bonds is 7. The maximum absolute atomic E-state index is 11.4. The third-order valence-electron chi connectivity index (χ3n) is 2.26. The average molecular weight is 247 g/mol. The second kappa shape index (κ2) is 8.20. The molecule has 0 unspecified atom stereocenters. The molecule has 0 fully saturated rings. The Morgan fingerprint density at radius 1 is 1.28 bits per heavy atom. The number of ether oxygens (including phenoxy) is 1. The van der Waals surface area contributed by atoms with Gasteiger partial charge in [0.05, 0.1) is 0 Å². The summed E-state index contributed by atoms with van der Waals surface area (Å²) in [4.78, 5) is 22.8. The Hall–Kier alpha value is -1.94. The highest BCUT2D eigenvalue weighted by molar-refractivity contribution is 6.41. The molecule has 4 nitrogen and oxygen atoms in total. The smallest absolute Gasteiger partial charge is 0.291 e. The third-order valence-corrected chi connectivity index (χ3v) is 2.26. The zero-order chi connectivity index (χ0) is 13.2. The Kier molecular flexibility index (Phi) is 6.43. The lowest BCUT2D eigenvalue weighted by molar-refractivity contribution is -0.135. The lowest BCUT2D eigenvalue weighted by Crippen LogP contribution is -2.31. The monoisotopic (exact) mass is 247 g/mol. The molecule has 18 heavy (non-hydrogen) atoms. The summed E-state index contributed by atoms with van der Waals surface area (Å²) < 4.78 is 4.84. The quantitative estimate of drug-likeness (QED) is 0.450. The van der Waals surface area contributed by atoms with Gasteiger partial charge in [-0.25, -0.2) is 0 Å². The van der Waals surface area contributed by atoms with E-state index in [-0.39, 0.29) is 0 Å². The topological polar surface area (TPSA) is 55.4 Å². The minimum atomic E-state index is -0.585. The molecule has 0 spiro atoms. The summed E-state index contributed by atoms with van der Waals surface area (Å²) >= 11 is 0. The van der Waals surface area contributed by atoms with E-state index in [9.17, 15) is 9.59 Å². The first-order valence-corrected chi connectivity index (χ1v) is 5.78. The molecule has 1 amide bonds. The summed E-state index contributed by atoms with van der Waals surface area (Å²) in [5.74, 6) is -1.13. The van der Waals surface area contributed by atoms with Crippen molar-refractivity contribution in [1.82, 2.24) is 5.32 Å². The van der Waals surface area contributed by atoms with Crippen LogP contribution in [0.2, 0.25) is 0 Å². The number of nitrogens with one attached hydrogen (secondary N) is 1. The van der Waals surface area contributed by atoms with Crippen molar-refractivity contribution in [2.45, 2.75) is 6.42 Å². The third kappa shape index (κ3) is 5.41. The first-order chi connectivity index (χ1) is 8.74. The Balaban J connectivity index is 2.36. The van der Waals surface area contributed by atoms with E-state index < -0.39 is 11.7 Å². The minimum absolute atomic E-state index is 0.442. The highest BCUT2D eigenvalue weighted by Crippen LogP contribution is 2.00. The molecule has 0 saturated carbocycles. The fourth-order valence-electron chi connectivity index (χ4n) is 1.32. The number of benzene rings is 1. The van der Waals surface area contributed by atoms with Gasteiger partial charge in [0.25, 0.3) is 5.91 Å². The molecule has 4 heteroatoms. The molecule has 96 valence electrons. The number of methoxy groups -OCH3 is 1. The molecule has 0 aliphatic rings. The Morgan fingerprint density at radius 2 is 2.00 bits per heavy atom. The Labute approximate surface area is 107 Å². The summed E-state index contributed by atoms with van der Waals surface area (Å²) in [6, 6.07) is 9.35. The van der Waals surface area contributed by atoms with Gasteiger partial charge in [0.2, 0.25) is 5.78 Å². The molecule has 1 N–H and O–H groups in total. The van der Waals surface area contributed by atoms with Crippen LogP contribution in [0.3, 0.4) is 0 Å². The van der Waals surface area contributed by atoms with E-state index >= 15 is 0 Å². The molecule has 0 aliphatic carbocycles. The first-order valence-electron chi connectivity index (χ1n) is 5.78. The molecule has 0 saturated heterocycles. The van der Waals surface area contributed by atoms with Crippen molar-refractivity contribution in [3.63, 3.8) is 0 Å². The van der Waals surface area contributed by atoms with E-state index in [1.54, 1.807) is 13.2 Å². The van der Waals surface area contributed by atoms with Gasteiger partial charge < -0.3 is 10.1 Å². The maximum Gasteiger partial charge on any atom is 0.291 e. The van der Waals surface area contributed by atoms with E-state index in [2.05, 4.69) is 5.32 Å². The van der Waals surface area contributed by atoms with Crippen LogP contribution in [0.15, 0.2) is 36.4 Å². The number of carbonyl (C=O) groups excluding carboxylic acids is 2. The first kappa shape index (κ1) is 14.1. The van der Waals surface area contributed by atoms with Gasteiger partial charge in [0.15, 0.2) is 0 Å². The largest absolute Gasteiger partial charge is 0.385 e. The van der Waals surface area contributed by atoms with Gasteiger partial charge in [-0.05, 0) is 18.1 Å². The van der Waals surface area contributed by atoms with E-state index in [4.69, 9.17) is 4.74 Å². The van der Waals surface area contributed by atoms with Crippen molar-refractivity contribution in [2.75, 3.05) is 20.3 Å². The summed E-state index contributed by atoms with van der Waals surface area (Å²) in [6.45, 7) is 1.01. The van der Waals surface area contributed by atoms with Gasteiger partial charge in [0, 0.05) is 20.3 Å². The summed E-state index contributed by atoms with van der Waals surface area (Å²) in [5.41, 5.74) is 0.887. The SMILES string of the molecule is COCCCNC(=O)C(=O)C=Cc1ccccc1. The van der Waals surface area contributed by atoms with Crippen LogP contribution < -0.4 is 5.32 Å². The molecule has 0 aromatic heterocycles. The fourth-order valence-corrected chi connectivity index (χ4v) is 1.32. The van der Waals surface area contributed by atoms with Gasteiger partial charge >= 0.3 is 0 Å². The molecule has 0 atom stereocenters. The number of hydrogen-bond acceptors (Lipinski definition) is 3. The van der Waals surface area contributed by atoms with Crippen LogP contribution in [-0.4, -0.2) is 32.0 Å². The van der Waals surface area contributed by atoms with Gasteiger partial charge in [-0.15, -0.1) is 0 Å². The molecule has 1 aromatic carbocycles. The van der Waals surface area contributed by atoms with Gasteiger partial charge in [0.1, 0.15) is 0 Å². The number of ketones is 1. The molecule has 0 radical (unpaired) electrons. The van der Waals surface area contributed by atoms with Crippen molar-refractivity contribution in [3.05, 3.63) is 42.0 Å². The zero-order valence-electron chi connectivity index (χ0n) is 10.4. The van der Waals surface area contributed by atoms with Crippen LogP contribution in [0.25, 0.3) is 6.08 Å². The van der Waals surface area contributed by atoms with Crippen molar-refractivity contribution in [3.8, 4) is 0 Å². The minimum Gasteiger partial charge on any atom is -0.385 e. The Morgan fingerprint density at radius 3 is 2.67 bits per heavy atom. The molecule has 1 aromatic rings. The summed E-state index contributed by atoms with van der Waals surface area (Å²) in [5, 5.41) is 2.53. The molecular weight excluding hydrogens is 230 g/mol. The van der Waals surface area contributed by atoms with E-state index in [0.717, 1.165) is 5.56 Å². The molecular formula is C14H17NO3. The maximum atomic E-state index is 11.4. The normalized spacial score (nSPS) is 10.5. The van der Waals surface area contributed by atoms with Gasteiger partial charge in [-0.3, -0.25) is 9.59 Å². The standard InChI is InChI=1S/C14H17NO3/c1-18-11-5-10-15-14(17)13(16)9-8-12-6-3-2-4-7-12/h2-4,6-9H,5,10-11H2,1H3,(H,15,17). The van der Waals surface area contributed by atoms with E-state index in [1.165, 1.54) is 6.08 Å². The molecule has 0 aliphatic heterocycles. The zero-order valence-corrected chi connectivity index (χ0v) is 10.4. The fraction of sp³-hybridized carbons (Fsp3) is 0.286. The molecule has 1 rings (SSSR count). The van der Waals surface area contributed by atoms with Crippen LogP contribution in [-0.2, 0) is 14.3 Å². The van der Waals surface area contributed by atoms with Crippen LogP contribution in [0, 0.1) is 0 Å².